The Labute approximate surface area is 141 Å². The summed E-state index contributed by atoms with van der Waals surface area (Å²) in [6.07, 6.45) is -0.277. The zero-order chi connectivity index (χ0) is 12.2. The van der Waals surface area contributed by atoms with E-state index in [-0.39, 0.29) is 63.2 Å². The zero-order valence-corrected chi connectivity index (χ0v) is 13.2. The van der Waals surface area contributed by atoms with Crippen molar-refractivity contribution in [1.82, 2.24) is 0 Å². The van der Waals surface area contributed by atoms with Crippen LogP contribution in [0.5, 0.6) is 5.75 Å². The van der Waals surface area contributed by atoms with Crippen LogP contribution in [0.1, 0.15) is 6.92 Å². The Kier molecular flexibility index (Phi) is 8.02. The SMILES string of the molecule is COCC(C)Oc1cccc([B-](F)(F)F)c1.[K+]. The van der Waals surface area contributed by atoms with Gasteiger partial charge in [-0.1, -0.05) is 12.1 Å². The second-order valence-electron chi connectivity index (χ2n) is 3.53. The molecule has 1 aromatic carbocycles. The number of hydrogen-bond donors (Lipinski definition) is 0. The van der Waals surface area contributed by atoms with Gasteiger partial charge in [-0.15, -0.1) is 5.46 Å². The van der Waals surface area contributed by atoms with Crippen molar-refractivity contribution in [1.29, 1.82) is 0 Å². The molecule has 2 nitrogen and oxygen atoms in total. The first-order chi connectivity index (χ1) is 7.43. The van der Waals surface area contributed by atoms with Crippen LogP contribution in [0.2, 0.25) is 0 Å². The van der Waals surface area contributed by atoms with E-state index in [9.17, 15) is 12.9 Å². The molecule has 0 aliphatic carbocycles. The molecule has 7 heteroatoms. The standard InChI is InChI=1S/C10H13BF3O2.K/c1-8(7-15-2)16-10-5-3-4-9(6-10)11(12,13)14;/h3-6,8H,7H2,1-2H3;/q-1;+1. The molecule has 1 atom stereocenters. The summed E-state index contributed by atoms with van der Waals surface area (Å²) in [5, 5.41) is 0. The minimum atomic E-state index is -4.97. The maximum atomic E-state index is 12.4. The molecule has 1 unspecified atom stereocenters. The molecular weight excluding hydrogens is 259 g/mol. The first kappa shape index (κ1) is 17.5. The van der Waals surface area contributed by atoms with Crippen LogP contribution >= 0.6 is 0 Å². The smallest absolute Gasteiger partial charge is 0.488 e. The van der Waals surface area contributed by atoms with Gasteiger partial charge in [-0.3, -0.25) is 0 Å². The predicted molar refractivity (Wildman–Crippen MR) is 57.1 cm³/mol. The van der Waals surface area contributed by atoms with Gasteiger partial charge in [0.1, 0.15) is 11.9 Å². The molecule has 0 saturated carbocycles. The van der Waals surface area contributed by atoms with Gasteiger partial charge in [0.05, 0.1) is 6.61 Å². The van der Waals surface area contributed by atoms with E-state index in [1.165, 1.54) is 19.2 Å². The Morgan fingerprint density at radius 1 is 1.29 bits per heavy atom. The Hall–Kier alpha value is 0.471. The van der Waals surface area contributed by atoms with E-state index in [4.69, 9.17) is 9.47 Å². The molecule has 0 N–H and O–H groups in total. The number of benzene rings is 1. The van der Waals surface area contributed by atoms with E-state index >= 15 is 0 Å². The summed E-state index contributed by atoms with van der Waals surface area (Å²) in [5.41, 5.74) is -0.651. The summed E-state index contributed by atoms with van der Waals surface area (Å²) in [6.45, 7) is -2.91. The molecule has 0 radical (unpaired) electrons. The van der Waals surface area contributed by atoms with Crippen LogP contribution in [0.3, 0.4) is 0 Å². The van der Waals surface area contributed by atoms with E-state index in [0.29, 0.717) is 6.61 Å². The topological polar surface area (TPSA) is 18.5 Å². The number of hydrogen-bond acceptors (Lipinski definition) is 2. The molecular formula is C10H13BF3KO2. The largest absolute Gasteiger partial charge is 1.00 e. The summed E-state index contributed by atoms with van der Waals surface area (Å²) in [4.78, 5) is 0. The fourth-order valence-corrected chi connectivity index (χ4v) is 1.29. The van der Waals surface area contributed by atoms with Crippen molar-refractivity contribution in [3.8, 4) is 5.75 Å². The summed E-state index contributed by atoms with van der Waals surface area (Å²) >= 11 is 0. The van der Waals surface area contributed by atoms with Gasteiger partial charge in [-0.2, -0.15) is 0 Å². The Morgan fingerprint density at radius 3 is 2.47 bits per heavy atom. The van der Waals surface area contributed by atoms with Crippen LogP contribution in [0.15, 0.2) is 24.3 Å². The van der Waals surface area contributed by atoms with Crippen molar-refractivity contribution in [3.05, 3.63) is 24.3 Å². The molecule has 17 heavy (non-hydrogen) atoms. The van der Waals surface area contributed by atoms with Crippen LogP contribution in [-0.2, 0) is 4.74 Å². The number of ether oxygens (including phenoxy) is 2. The summed E-state index contributed by atoms with van der Waals surface area (Å²) in [5.74, 6) is 0.209. The van der Waals surface area contributed by atoms with Gasteiger partial charge in [0.25, 0.3) is 0 Å². The molecule has 90 valence electrons. The predicted octanol–water partition coefficient (Wildman–Crippen LogP) is -0.841. The van der Waals surface area contributed by atoms with E-state index in [1.54, 1.807) is 6.92 Å². The van der Waals surface area contributed by atoms with Crippen molar-refractivity contribution >= 4 is 12.4 Å². The van der Waals surface area contributed by atoms with Crippen molar-refractivity contribution < 1.29 is 73.8 Å². The Balaban J connectivity index is 0.00000256. The van der Waals surface area contributed by atoms with Gasteiger partial charge >= 0.3 is 58.4 Å². The minimum absolute atomic E-state index is 0. The van der Waals surface area contributed by atoms with E-state index in [0.717, 1.165) is 12.1 Å². The maximum Gasteiger partial charge on any atom is 1.00 e. The molecule has 0 aromatic heterocycles. The molecule has 0 aliphatic rings. The summed E-state index contributed by atoms with van der Waals surface area (Å²) in [6, 6.07) is 4.87. The third-order valence-electron chi connectivity index (χ3n) is 1.97. The summed E-state index contributed by atoms with van der Waals surface area (Å²) < 4.78 is 47.4. The molecule has 0 aliphatic heterocycles. The number of rotatable bonds is 5. The van der Waals surface area contributed by atoms with Crippen LogP contribution in [0.4, 0.5) is 12.9 Å². The van der Waals surface area contributed by atoms with Crippen LogP contribution in [0.25, 0.3) is 0 Å². The third kappa shape index (κ3) is 6.26. The van der Waals surface area contributed by atoms with Gasteiger partial charge in [-0.25, -0.2) is 0 Å². The van der Waals surface area contributed by atoms with Crippen molar-refractivity contribution in [2.24, 2.45) is 0 Å². The van der Waals surface area contributed by atoms with Gasteiger partial charge in [0, 0.05) is 7.11 Å². The van der Waals surface area contributed by atoms with Gasteiger partial charge in [0.2, 0.25) is 0 Å². The first-order valence-corrected chi connectivity index (χ1v) is 4.89. The normalized spacial score (nSPS) is 12.8. The fraction of sp³-hybridized carbons (Fsp3) is 0.400. The van der Waals surface area contributed by atoms with Gasteiger partial charge in [-0.05, 0) is 19.1 Å². The Morgan fingerprint density at radius 2 is 1.94 bits per heavy atom. The monoisotopic (exact) mass is 272 g/mol. The van der Waals surface area contributed by atoms with E-state index in [1.807, 2.05) is 0 Å². The number of methoxy groups -OCH3 is 1. The minimum Gasteiger partial charge on any atom is -0.488 e. The average Bonchev–Trinajstić information content (AvgIpc) is 2.17. The van der Waals surface area contributed by atoms with Crippen molar-refractivity contribution in [3.63, 3.8) is 0 Å². The molecule has 0 amide bonds. The molecule has 0 spiro atoms. The maximum absolute atomic E-state index is 12.4. The third-order valence-corrected chi connectivity index (χ3v) is 1.97. The Bertz CT molecular complexity index is 347. The fourth-order valence-electron chi connectivity index (χ4n) is 1.29. The van der Waals surface area contributed by atoms with E-state index in [2.05, 4.69) is 0 Å². The molecule has 1 aromatic rings. The average molecular weight is 272 g/mol. The second kappa shape index (κ2) is 7.81. The van der Waals surface area contributed by atoms with E-state index < -0.39 is 12.4 Å². The summed E-state index contributed by atoms with van der Waals surface area (Å²) in [7, 11) is 1.51. The van der Waals surface area contributed by atoms with Crippen LogP contribution < -0.4 is 61.6 Å². The molecule has 1 rings (SSSR count). The van der Waals surface area contributed by atoms with Crippen LogP contribution in [-0.4, -0.2) is 26.8 Å². The molecule has 0 bridgehead atoms. The van der Waals surface area contributed by atoms with Crippen molar-refractivity contribution in [2.75, 3.05) is 13.7 Å². The molecule has 0 heterocycles. The second-order valence-corrected chi connectivity index (χ2v) is 3.53. The number of halogens is 3. The van der Waals surface area contributed by atoms with Gasteiger partial charge in [0.15, 0.2) is 0 Å². The molecule has 0 saturated heterocycles. The van der Waals surface area contributed by atoms with Gasteiger partial charge < -0.3 is 22.4 Å². The first-order valence-electron chi connectivity index (χ1n) is 4.89. The van der Waals surface area contributed by atoms with Crippen molar-refractivity contribution in [2.45, 2.75) is 13.0 Å². The molecule has 0 fully saturated rings. The van der Waals surface area contributed by atoms with Crippen LogP contribution in [0, 0.1) is 0 Å². The quantitative estimate of drug-likeness (QED) is 0.651. The zero-order valence-electron chi connectivity index (χ0n) is 10.1.